The van der Waals surface area contributed by atoms with Crippen LogP contribution in [-0.2, 0) is 19.8 Å². The van der Waals surface area contributed by atoms with Crippen LogP contribution in [0.4, 0.5) is 0 Å². The average molecular weight is 367 g/mol. The highest BCUT2D eigenvalue weighted by molar-refractivity contribution is 5.92. The number of hydrogen-bond donors (Lipinski definition) is 1. The van der Waals surface area contributed by atoms with Gasteiger partial charge in [-0.25, -0.2) is 4.68 Å². The SMILES string of the molecule is CCn1ncc(CNC(=O)c2ccn(COc3cc(C)cc(C)c3)n2)c1C. The molecular weight excluding hydrogens is 342 g/mol. The number of ether oxygens (including phenoxy) is 1. The number of nitrogens with one attached hydrogen (secondary N) is 1. The van der Waals surface area contributed by atoms with Crippen molar-refractivity contribution in [2.24, 2.45) is 0 Å². The molecule has 7 heteroatoms. The lowest BCUT2D eigenvalue weighted by molar-refractivity contribution is 0.0944. The molecule has 1 amide bonds. The standard InChI is InChI=1S/C20H25N5O2/c1-5-25-16(4)17(12-22-25)11-21-20(26)19-6-7-24(23-19)13-27-18-9-14(2)8-15(3)10-18/h6-10,12H,5,11,13H2,1-4H3,(H,21,26). The number of aromatic nitrogens is 4. The molecule has 0 saturated carbocycles. The Morgan fingerprint density at radius 1 is 1.19 bits per heavy atom. The molecule has 0 fully saturated rings. The molecular formula is C20H25N5O2. The maximum Gasteiger partial charge on any atom is 0.272 e. The Kier molecular flexibility index (Phi) is 5.59. The number of aryl methyl sites for hydroxylation is 3. The quantitative estimate of drug-likeness (QED) is 0.697. The molecule has 1 N–H and O–H groups in total. The van der Waals surface area contributed by atoms with Crippen molar-refractivity contribution >= 4 is 5.91 Å². The summed E-state index contributed by atoms with van der Waals surface area (Å²) in [5.41, 5.74) is 4.71. The minimum atomic E-state index is -0.219. The molecule has 0 spiro atoms. The molecule has 0 bridgehead atoms. The second-order valence-electron chi connectivity index (χ2n) is 6.59. The largest absolute Gasteiger partial charge is 0.471 e. The van der Waals surface area contributed by atoms with Crippen molar-refractivity contribution < 1.29 is 9.53 Å². The van der Waals surface area contributed by atoms with Gasteiger partial charge in [0.1, 0.15) is 11.4 Å². The lowest BCUT2D eigenvalue weighted by Crippen LogP contribution is -2.24. The summed E-state index contributed by atoms with van der Waals surface area (Å²) < 4.78 is 9.27. The lowest BCUT2D eigenvalue weighted by atomic mass is 10.1. The summed E-state index contributed by atoms with van der Waals surface area (Å²) in [4.78, 5) is 12.3. The van der Waals surface area contributed by atoms with Gasteiger partial charge < -0.3 is 10.1 Å². The molecule has 0 saturated heterocycles. The van der Waals surface area contributed by atoms with Gasteiger partial charge in [0.2, 0.25) is 0 Å². The molecule has 0 aliphatic heterocycles. The Morgan fingerprint density at radius 2 is 1.93 bits per heavy atom. The van der Waals surface area contributed by atoms with Crippen LogP contribution in [0.15, 0.2) is 36.7 Å². The van der Waals surface area contributed by atoms with Crippen LogP contribution in [-0.4, -0.2) is 25.5 Å². The molecule has 0 radical (unpaired) electrons. The maximum absolute atomic E-state index is 12.3. The number of nitrogens with zero attached hydrogens (tertiary/aromatic N) is 4. The van der Waals surface area contributed by atoms with Crippen molar-refractivity contribution in [3.63, 3.8) is 0 Å². The third-order valence-electron chi connectivity index (χ3n) is 4.38. The van der Waals surface area contributed by atoms with Gasteiger partial charge in [0.05, 0.1) is 6.20 Å². The molecule has 2 heterocycles. The van der Waals surface area contributed by atoms with Crippen LogP contribution in [0.5, 0.6) is 5.75 Å². The predicted molar refractivity (Wildman–Crippen MR) is 103 cm³/mol. The zero-order chi connectivity index (χ0) is 19.4. The third kappa shape index (κ3) is 4.55. The van der Waals surface area contributed by atoms with E-state index in [1.807, 2.05) is 44.5 Å². The van der Waals surface area contributed by atoms with Crippen molar-refractivity contribution in [3.05, 3.63) is 64.7 Å². The summed E-state index contributed by atoms with van der Waals surface area (Å²) in [5.74, 6) is 0.571. The van der Waals surface area contributed by atoms with E-state index in [2.05, 4.69) is 21.6 Å². The van der Waals surface area contributed by atoms with Gasteiger partial charge >= 0.3 is 0 Å². The first kappa shape index (κ1) is 18.7. The topological polar surface area (TPSA) is 74.0 Å². The van der Waals surface area contributed by atoms with Crippen molar-refractivity contribution in [2.75, 3.05) is 0 Å². The van der Waals surface area contributed by atoms with Gasteiger partial charge in [-0.15, -0.1) is 0 Å². The number of benzene rings is 1. The van der Waals surface area contributed by atoms with E-state index in [0.29, 0.717) is 12.2 Å². The Morgan fingerprint density at radius 3 is 2.59 bits per heavy atom. The molecule has 0 atom stereocenters. The number of rotatable bonds is 7. The zero-order valence-corrected chi connectivity index (χ0v) is 16.2. The van der Waals surface area contributed by atoms with Crippen LogP contribution in [0, 0.1) is 20.8 Å². The first-order valence-corrected chi connectivity index (χ1v) is 9.00. The average Bonchev–Trinajstić information content (AvgIpc) is 3.24. The third-order valence-corrected chi connectivity index (χ3v) is 4.38. The summed E-state index contributed by atoms with van der Waals surface area (Å²) in [6.07, 6.45) is 3.52. The van der Waals surface area contributed by atoms with E-state index in [9.17, 15) is 4.79 Å². The van der Waals surface area contributed by atoms with Crippen LogP contribution in [0.2, 0.25) is 0 Å². The summed E-state index contributed by atoms with van der Waals surface area (Å²) in [7, 11) is 0. The Labute approximate surface area is 159 Å². The number of carbonyl (C=O) groups excluding carboxylic acids is 1. The fraction of sp³-hybridized carbons (Fsp3) is 0.350. The van der Waals surface area contributed by atoms with Gasteiger partial charge in [0, 0.05) is 30.5 Å². The molecule has 1 aromatic carbocycles. The highest BCUT2D eigenvalue weighted by Gasteiger charge is 2.11. The van der Waals surface area contributed by atoms with Crippen LogP contribution in [0.25, 0.3) is 0 Å². The smallest absolute Gasteiger partial charge is 0.272 e. The van der Waals surface area contributed by atoms with Gasteiger partial charge in [-0.2, -0.15) is 10.2 Å². The van der Waals surface area contributed by atoms with Crippen LogP contribution >= 0.6 is 0 Å². The zero-order valence-electron chi connectivity index (χ0n) is 16.2. The van der Waals surface area contributed by atoms with E-state index in [1.165, 1.54) is 0 Å². The molecule has 7 nitrogen and oxygen atoms in total. The van der Waals surface area contributed by atoms with Crippen LogP contribution in [0.1, 0.15) is 39.8 Å². The van der Waals surface area contributed by atoms with Crippen molar-refractivity contribution in [2.45, 2.75) is 47.5 Å². The molecule has 142 valence electrons. The molecule has 27 heavy (non-hydrogen) atoms. The first-order valence-electron chi connectivity index (χ1n) is 9.00. The second kappa shape index (κ2) is 8.07. The minimum absolute atomic E-state index is 0.219. The highest BCUT2D eigenvalue weighted by atomic mass is 16.5. The van der Waals surface area contributed by atoms with Crippen LogP contribution in [0.3, 0.4) is 0 Å². The second-order valence-corrected chi connectivity index (χ2v) is 6.59. The maximum atomic E-state index is 12.3. The van der Waals surface area contributed by atoms with Gasteiger partial charge in [-0.3, -0.25) is 9.48 Å². The van der Waals surface area contributed by atoms with Gasteiger partial charge in [0.15, 0.2) is 6.73 Å². The monoisotopic (exact) mass is 367 g/mol. The van der Waals surface area contributed by atoms with E-state index in [-0.39, 0.29) is 12.6 Å². The summed E-state index contributed by atoms with van der Waals surface area (Å²) in [6.45, 7) is 9.58. The summed E-state index contributed by atoms with van der Waals surface area (Å²) in [6, 6.07) is 7.73. The highest BCUT2D eigenvalue weighted by Crippen LogP contribution is 2.16. The van der Waals surface area contributed by atoms with E-state index in [4.69, 9.17) is 4.74 Å². The summed E-state index contributed by atoms with van der Waals surface area (Å²) >= 11 is 0. The fourth-order valence-corrected chi connectivity index (χ4v) is 2.96. The first-order chi connectivity index (χ1) is 13.0. The number of amides is 1. The van der Waals surface area contributed by atoms with Crippen molar-refractivity contribution in [3.8, 4) is 5.75 Å². The minimum Gasteiger partial charge on any atom is -0.471 e. The molecule has 3 aromatic rings. The van der Waals surface area contributed by atoms with Crippen LogP contribution < -0.4 is 10.1 Å². The van der Waals surface area contributed by atoms with Gasteiger partial charge in [0.25, 0.3) is 5.91 Å². The fourth-order valence-electron chi connectivity index (χ4n) is 2.96. The Bertz CT molecular complexity index is 922. The van der Waals surface area contributed by atoms with Gasteiger partial charge in [-0.1, -0.05) is 6.07 Å². The van der Waals surface area contributed by atoms with E-state index in [1.54, 1.807) is 23.1 Å². The van der Waals surface area contributed by atoms with E-state index < -0.39 is 0 Å². The Hall–Kier alpha value is -3.09. The molecule has 2 aromatic heterocycles. The molecule has 3 rings (SSSR count). The van der Waals surface area contributed by atoms with Crippen molar-refractivity contribution in [1.29, 1.82) is 0 Å². The predicted octanol–water partition coefficient (Wildman–Crippen LogP) is 2.99. The molecule has 0 unspecified atom stereocenters. The van der Waals surface area contributed by atoms with Gasteiger partial charge in [-0.05, 0) is 57.0 Å². The summed E-state index contributed by atoms with van der Waals surface area (Å²) in [5, 5.41) is 11.5. The lowest BCUT2D eigenvalue weighted by Gasteiger charge is -2.08. The number of hydrogen-bond acceptors (Lipinski definition) is 4. The Balaban J connectivity index is 1.56. The van der Waals surface area contributed by atoms with E-state index >= 15 is 0 Å². The normalized spacial score (nSPS) is 10.8. The molecule has 0 aliphatic carbocycles. The molecule has 0 aliphatic rings. The van der Waals surface area contributed by atoms with Crippen molar-refractivity contribution in [1.82, 2.24) is 24.9 Å². The number of carbonyl (C=O) groups is 1. The van der Waals surface area contributed by atoms with E-state index in [0.717, 1.165) is 34.7 Å².